The first-order valence-corrected chi connectivity index (χ1v) is 9.42. The van der Waals surface area contributed by atoms with Crippen LogP contribution in [0.15, 0.2) is 47.3 Å². The highest BCUT2D eigenvalue weighted by atomic mass is 16.5. The molecule has 0 radical (unpaired) electrons. The highest BCUT2D eigenvalue weighted by Crippen LogP contribution is 2.20. The number of nitrogens with one attached hydrogen (secondary N) is 1. The van der Waals surface area contributed by atoms with Crippen molar-refractivity contribution in [1.29, 1.82) is 0 Å². The summed E-state index contributed by atoms with van der Waals surface area (Å²) < 4.78 is 8.21. The summed E-state index contributed by atoms with van der Waals surface area (Å²) in [5.74, 6) is 0.463. The van der Waals surface area contributed by atoms with Crippen molar-refractivity contribution in [3.63, 3.8) is 0 Å². The quantitative estimate of drug-likeness (QED) is 0.662. The average molecular weight is 395 g/mol. The summed E-state index contributed by atoms with van der Waals surface area (Å²) in [6.45, 7) is 6.53. The molecule has 3 rings (SSSR count). The molecule has 3 aromatic rings. The molecule has 2 heterocycles. The van der Waals surface area contributed by atoms with Crippen LogP contribution in [-0.2, 0) is 11.3 Å². The number of hydrogen-bond acceptors (Lipinski definition) is 5. The first-order chi connectivity index (χ1) is 13.9. The topological polar surface area (TPSA) is 91.0 Å². The zero-order valence-corrected chi connectivity index (χ0v) is 17.0. The molecule has 0 saturated heterocycles. The van der Waals surface area contributed by atoms with Crippen LogP contribution in [0.3, 0.4) is 0 Å². The Morgan fingerprint density at radius 3 is 2.48 bits per heavy atom. The maximum Gasteiger partial charge on any atom is 0.267 e. The number of rotatable bonds is 7. The number of benzene rings is 1. The van der Waals surface area contributed by atoms with Gasteiger partial charge in [0.15, 0.2) is 0 Å². The third kappa shape index (κ3) is 4.71. The molecule has 0 aliphatic heterocycles. The standard InChI is InChI=1S/C21H25N5O3/c1-14-13-15(2)25(23-14)12-11-22-21(28)16(3)26-20(27)10-9-19(24-26)17-5-7-18(29-4)8-6-17/h5-10,13,16H,11-12H2,1-4H3,(H,22,28). The van der Waals surface area contributed by atoms with E-state index in [1.807, 2.05) is 48.9 Å². The van der Waals surface area contributed by atoms with Gasteiger partial charge in [0.1, 0.15) is 11.8 Å². The second kappa shape index (κ2) is 8.72. The lowest BCUT2D eigenvalue weighted by Gasteiger charge is -2.15. The summed E-state index contributed by atoms with van der Waals surface area (Å²) in [6.07, 6.45) is 0. The highest BCUT2D eigenvalue weighted by Gasteiger charge is 2.18. The molecule has 29 heavy (non-hydrogen) atoms. The van der Waals surface area contributed by atoms with Crippen molar-refractivity contribution in [2.75, 3.05) is 13.7 Å². The van der Waals surface area contributed by atoms with E-state index in [0.29, 0.717) is 18.8 Å². The van der Waals surface area contributed by atoms with E-state index in [9.17, 15) is 9.59 Å². The Bertz CT molecular complexity index is 1050. The number of methoxy groups -OCH3 is 1. The summed E-state index contributed by atoms with van der Waals surface area (Å²) in [7, 11) is 1.60. The van der Waals surface area contributed by atoms with Gasteiger partial charge in [-0.25, -0.2) is 4.68 Å². The summed E-state index contributed by atoms with van der Waals surface area (Å²) in [6, 6.07) is 11.7. The fourth-order valence-electron chi connectivity index (χ4n) is 3.06. The van der Waals surface area contributed by atoms with Gasteiger partial charge >= 0.3 is 0 Å². The first kappa shape index (κ1) is 20.3. The van der Waals surface area contributed by atoms with Crippen molar-refractivity contribution in [1.82, 2.24) is 24.9 Å². The van der Waals surface area contributed by atoms with Crippen LogP contribution < -0.4 is 15.6 Å². The lowest BCUT2D eigenvalue weighted by Crippen LogP contribution is -2.38. The number of amides is 1. The summed E-state index contributed by atoms with van der Waals surface area (Å²) in [5.41, 5.74) is 3.08. The fourth-order valence-corrected chi connectivity index (χ4v) is 3.06. The van der Waals surface area contributed by atoms with Gasteiger partial charge in [0.05, 0.1) is 25.0 Å². The van der Waals surface area contributed by atoms with Gasteiger partial charge in [-0.2, -0.15) is 10.2 Å². The number of nitrogens with zero attached hydrogens (tertiary/aromatic N) is 4. The SMILES string of the molecule is COc1ccc(-c2ccc(=O)n(C(C)C(=O)NCCn3nc(C)cc3C)n2)cc1. The van der Waals surface area contributed by atoms with Gasteiger partial charge in [-0.3, -0.25) is 14.3 Å². The number of ether oxygens (including phenoxy) is 1. The van der Waals surface area contributed by atoms with Crippen molar-refractivity contribution in [2.24, 2.45) is 0 Å². The molecular weight excluding hydrogens is 370 g/mol. The van der Waals surface area contributed by atoms with Crippen LogP contribution in [0.4, 0.5) is 0 Å². The Morgan fingerprint density at radius 2 is 1.86 bits per heavy atom. The van der Waals surface area contributed by atoms with Gasteiger partial charge in [0.2, 0.25) is 5.91 Å². The second-order valence-corrected chi connectivity index (χ2v) is 6.85. The van der Waals surface area contributed by atoms with Gasteiger partial charge in [-0.1, -0.05) is 0 Å². The minimum Gasteiger partial charge on any atom is -0.497 e. The molecule has 0 bridgehead atoms. The van der Waals surface area contributed by atoms with Gasteiger partial charge in [-0.05, 0) is 57.2 Å². The van der Waals surface area contributed by atoms with Crippen molar-refractivity contribution >= 4 is 5.91 Å². The lowest BCUT2D eigenvalue weighted by atomic mass is 10.1. The lowest BCUT2D eigenvalue weighted by molar-refractivity contribution is -0.124. The maximum atomic E-state index is 12.6. The predicted octanol–water partition coefficient (Wildman–Crippen LogP) is 2.11. The normalized spacial score (nSPS) is 11.9. The molecule has 8 heteroatoms. The van der Waals surface area contributed by atoms with Gasteiger partial charge in [-0.15, -0.1) is 0 Å². The van der Waals surface area contributed by atoms with Gasteiger partial charge in [0.25, 0.3) is 5.56 Å². The molecule has 8 nitrogen and oxygen atoms in total. The number of aromatic nitrogens is 4. The van der Waals surface area contributed by atoms with E-state index in [4.69, 9.17) is 4.74 Å². The van der Waals surface area contributed by atoms with Crippen LogP contribution in [0.25, 0.3) is 11.3 Å². The Hall–Kier alpha value is -3.42. The Labute approximate surface area is 169 Å². The number of aryl methyl sites for hydroxylation is 2. The number of carbonyl (C=O) groups excluding carboxylic acids is 1. The Balaban J connectivity index is 1.70. The van der Waals surface area contributed by atoms with E-state index in [1.54, 1.807) is 20.1 Å². The van der Waals surface area contributed by atoms with E-state index in [-0.39, 0.29) is 11.5 Å². The summed E-state index contributed by atoms with van der Waals surface area (Å²) in [5, 5.41) is 11.6. The molecule has 0 fully saturated rings. The zero-order valence-electron chi connectivity index (χ0n) is 17.0. The number of carbonyl (C=O) groups is 1. The third-order valence-corrected chi connectivity index (χ3v) is 4.68. The van der Waals surface area contributed by atoms with Gasteiger partial charge in [0, 0.05) is 23.9 Å². The van der Waals surface area contributed by atoms with Crippen molar-refractivity contribution in [3.8, 4) is 17.0 Å². The highest BCUT2D eigenvalue weighted by molar-refractivity contribution is 5.79. The molecule has 0 aliphatic rings. The minimum absolute atomic E-state index is 0.270. The van der Waals surface area contributed by atoms with Crippen LogP contribution in [0.5, 0.6) is 5.75 Å². The van der Waals surface area contributed by atoms with Crippen molar-refractivity contribution in [2.45, 2.75) is 33.4 Å². The van der Waals surface area contributed by atoms with E-state index < -0.39 is 6.04 Å². The largest absolute Gasteiger partial charge is 0.497 e. The third-order valence-electron chi connectivity index (χ3n) is 4.68. The van der Waals surface area contributed by atoms with Crippen LogP contribution in [0.2, 0.25) is 0 Å². The molecule has 2 aromatic heterocycles. The molecule has 1 atom stereocenters. The smallest absolute Gasteiger partial charge is 0.267 e. The summed E-state index contributed by atoms with van der Waals surface area (Å²) in [4.78, 5) is 24.8. The monoisotopic (exact) mass is 395 g/mol. The Morgan fingerprint density at radius 1 is 1.14 bits per heavy atom. The molecule has 1 unspecified atom stereocenters. The number of hydrogen-bond donors (Lipinski definition) is 1. The van der Waals surface area contributed by atoms with Crippen LogP contribution >= 0.6 is 0 Å². The minimum atomic E-state index is -0.735. The summed E-state index contributed by atoms with van der Waals surface area (Å²) >= 11 is 0. The van der Waals surface area contributed by atoms with Crippen molar-refractivity contribution < 1.29 is 9.53 Å². The maximum absolute atomic E-state index is 12.6. The van der Waals surface area contributed by atoms with Crippen LogP contribution in [-0.4, -0.2) is 39.1 Å². The van der Waals surface area contributed by atoms with E-state index in [2.05, 4.69) is 15.5 Å². The van der Waals surface area contributed by atoms with Crippen molar-refractivity contribution in [3.05, 3.63) is 64.2 Å². The molecule has 152 valence electrons. The molecule has 1 N–H and O–H groups in total. The molecular formula is C21H25N5O3. The molecule has 1 amide bonds. The van der Waals surface area contributed by atoms with E-state index in [0.717, 1.165) is 22.7 Å². The first-order valence-electron chi connectivity index (χ1n) is 9.42. The molecule has 0 aliphatic carbocycles. The van der Waals surface area contributed by atoms with E-state index >= 15 is 0 Å². The Kier molecular flexibility index (Phi) is 6.11. The van der Waals surface area contributed by atoms with E-state index in [1.165, 1.54) is 10.7 Å². The van der Waals surface area contributed by atoms with Crippen LogP contribution in [0.1, 0.15) is 24.4 Å². The molecule has 0 spiro atoms. The average Bonchev–Trinajstić information content (AvgIpc) is 3.04. The molecule has 0 saturated carbocycles. The second-order valence-electron chi connectivity index (χ2n) is 6.85. The predicted molar refractivity (Wildman–Crippen MR) is 110 cm³/mol. The van der Waals surface area contributed by atoms with Gasteiger partial charge < -0.3 is 10.1 Å². The zero-order chi connectivity index (χ0) is 21.0. The molecule has 1 aromatic carbocycles. The van der Waals surface area contributed by atoms with Crippen LogP contribution in [0, 0.1) is 13.8 Å². The fraction of sp³-hybridized carbons (Fsp3) is 0.333.